The highest BCUT2D eigenvalue weighted by Gasteiger charge is 2.39. The summed E-state index contributed by atoms with van der Waals surface area (Å²) < 4.78 is 6.77. The van der Waals surface area contributed by atoms with Crippen molar-refractivity contribution in [3.05, 3.63) is 115 Å². The molecule has 1 N–H and O–H groups in total. The predicted octanol–water partition coefficient (Wildman–Crippen LogP) is 7.44. The van der Waals surface area contributed by atoms with Crippen LogP contribution >= 0.6 is 7.92 Å². The number of hydrogen-bond donors (Lipinski definition) is 1. The molecule has 0 spiro atoms. The van der Waals surface area contributed by atoms with Crippen LogP contribution in [0.5, 0.6) is 5.75 Å². The second kappa shape index (κ2) is 10.8. The standard InChI is InChI=1S/C31H36NOPSi/c1-31(2,3)35(4,5)33-26-21-22-29(32-24-25-15-9-6-10-16-25)30(23-26)34(27-17-11-7-12-18-27)28-19-13-8-14-20-28/h6-23,32H,24H2,1-5H3. The van der Waals surface area contributed by atoms with Crippen LogP contribution in [0.15, 0.2) is 109 Å². The molecule has 35 heavy (non-hydrogen) atoms. The zero-order valence-corrected chi connectivity index (χ0v) is 23.3. The monoisotopic (exact) mass is 497 g/mol. The zero-order valence-electron chi connectivity index (χ0n) is 21.5. The Morgan fingerprint density at radius 2 is 1.23 bits per heavy atom. The first-order valence-electron chi connectivity index (χ1n) is 12.3. The molecule has 0 atom stereocenters. The summed E-state index contributed by atoms with van der Waals surface area (Å²) in [5.74, 6) is 0.969. The first-order chi connectivity index (χ1) is 16.7. The molecule has 0 aromatic heterocycles. The van der Waals surface area contributed by atoms with E-state index in [0.717, 1.165) is 18.0 Å². The molecule has 0 fully saturated rings. The molecule has 0 saturated carbocycles. The van der Waals surface area contributed by atoms with Crippen molar-refractivity contribution in [3.8, 4) is 5.75 Å². The van der Waals surface area contributed by atoms with Gasteiger partial charge in [-0.1, -0.05) is 112 Å². The van der Waals surface area contributed by atoms with E-state index in [-0.39, 0.29) is 5.04 Å². The van der Waals surface area contributed by atoms with Crippen molar-refractivity contribution in [2.24, 2.45) is 0 Å². The maximum atomic E-state index is 6.77. The predicted molar refractivity (Wildman–Crippen MR) is 157 cm³/mol. The summed E-state index contributed by atoms with van der Waals surface area (Å²) >= 11 is 0. The topological polar surface area (TPSA) is 21.3 Å². The van der Waals surface area contributed by atoms with E-state index in [2.05, 4.69) is 148 Å². The van der Waals surface area contributed by atoms with Gasteiger partial charge in [0, 0.05) is 17.5 Å². The normalized spacial score (nSPS) is 11.9. The summed E-state index contributed by atoms with van der Waals surface area (Å²) in [5.41, 5.74) is 2.43. The van der Waals surface area contributed by atoms with Crippen LogP contribution in [0.1, 0.15) is 26.3 Å². The summed E-state index contributed by atoms with van der Waals surface area (Å²) in [6.45, 7) is 12.3. The Balaban J connectivity index is 1.81. The molecule has 4 rings (SSSR count). The molecule has 2 nitrogen and oxygen atoms in total. The van der Waals surface area contributed by atoms with Gasteiger partial charge in [-0.25, -0.2) is 0 Å². The number of benzene rings is 4. The van der Waals surface area contributed by atoms with Crippen LogP contribution in [-0.4, -0.2) is 8.32 Å². The highest BCUT2D eigenvalue weighted by atomic mass is 31.1. The zero-order chi connectivity index (χ0) is 24.9. The van der Waals surface area contributed by atoms with Gasteiger partial charge in [-0.05, 0) is 60.4 Å². The van der Waals surface area contributed by atoms with Gasteiger partial charge in [-0.15, -0.1) is 0 Å². The minimum absolute atomic E-state index is 0.140. The third kappa shape index (κ3) is 6.23. The van der Waals surface area contributed by atoms with Gasteiger partial charge < -0.3 is 9.74 Å². The van der Waals surface area contributed by atoms with Gasteiger partial charge in [-0.2, -0.15) is 0 Å². The molecule has 0 radical (unpaired) electrons. The maximum Gasteiger partial charge on any atom is 0.250 e. The first kappa shape index (κ1) is 25.2. The van der Waals surface area contributed by atoms with Crippen LogP contribution in [0, 0.1) is 0 Å². The number of nitrogens with one attached hydrogen (secondary N) is 1. The summed E-state index contributed by atoms with van der Waals surface area (Å²) in [5, 5.41) is 7.85. The fraction of sp³-hybridized carbons (Fsp3) is 0.226. The van der Waals surface area contributed by atoms with E-state index in [1.54, 1.807) is 0 Å². The van der Waals surface area contributed by atoms with Crippen molar-refractivity contribution in [2.45, 2.75) is 45.4 Å². The van der Waals surface area contributed by atoms with Crippen LogP contribution in [0.4, 0.5) is 5.69 Å². The van der Waals surface area contributed by atoms with Crippen molar-refractivity contribution in [1.29, 1.82) is 0 Å². The molecular formula is C31H36NOPSi. The average Bonchev–Trinajstić information content (AvgIpc) is 2.85. The van der Waals surface area contributed by atoms with E-state index in [9.17, 15) is 0 Å². The van der Waals surface area contributed by atoms with Crippen LogP contribution < -0.4 is 25.7 Å². The molecule has 0 aliphatic carbocycles. The van der Waals surface area contributed by atoms with Gasteiger partial charge in [0.15, 0.2) is 0 Å². The minimum Gasteiger partial charge on any atom is -0.543 e. The number of rotatable bonds is 8. The fourth-order valence-electron chi connectivity index (χ4n) is 3.73. The second-order valence-corrected chi connectivity index (χ2v) is 17.3. The summed E-state index contributed by atoms with van der Waals surface area (Å²) in [4.78, 5) is 0. The Kier molecular flexibility index (Phi) is 7.79. The molecule has 0 aliphatic rings. The molecule has 4 aromatic carbocycles. The van der Waals surface area contributed by atoms with Crippen molar-refractivity contribution in [1.82, 2.24) is 0 Å². The Hall–Kier alpha value is -2.87. The Labute approximate surface area is 213 Å². The third-order valence-electron chi connectivity index (χ3n) is 6.74. The molecule has 0 unspecified atom stereocenters. The van der Waals surface area contributed by atoms with E-state index >= 15 is 0 Å². The number of anilines is 1. The Morgan fingerprint density at radius 3 is 1.74 bits per heavy atom. The van der Waals surface area contributed by atoms with Crippen molar-refractivity contribution in [3.63, 3.8) is 0 Å². The molecule has 4 aromatic rings. The largest absolute Gasteiger partial charge is 0.543 e. The van der Waals surface area contributed by atoms with Crippen LogP contribution in [0.2, 0.25) is 18.1 Å². The van der Waals surface area contributed by atoms with Gasteiger partial charge in [0.1, 0.15) is 5.75 Å². The van der Waals surface area contributed by atoms with Crippen molar-refractivity contribution < 1.29 is 4.43 Å². The highest BCUT2D eigenvalue weighted by Crippen LogP contribution is 2.40. The van der Waals surface area contributed by atoms with Crippen LogP contribution in [-0.2, 0) is 6.54 Å². The minimum atomic E-state index is -1.96. The van der Waals surface area contributed by atoms with Gasteiger partial charge >= 0.3 is 0 Å². The smallest absolute Gasteiger partial charge is 0.250 e. The Bertz CT molecular complexity index is 1180. The van der Waals surface area contributed by atoms with E-state index in [1.807, 2.05) is 0 Å². The maximum absolute atomic E-state index is 6.77. The van der Waals surface area contributed by atoms with Crippen LogP contribution in [0.3, 0.4) is 0 Å². The first-order valence-corrected chi connectivity index (χ1v) is 16.5. The molecule has 0 bridgehead atoms. The second-order valence-electron chi connectivity index (χ2n) is 10.4. The molecule has 0 amide bonds. The summed E-state index contributed by atoms with van der Waals surface area (Å²) in [6, 6.07) is 39.0. The quantitative estimate of drug-likeness (QED) is 0.202. The van der Waals surface area contributed by atoms with Gasteiger partial charge in [0.05, 0.1) is 0 Å². The number of hydrogen-bond acceptors (Lipinski definition) is 2. The van der Waals surface area contributed by atoms with Crippen LogP contribution in [0.25, 0.3) is 0 Å². The molecule has 180 valence electrons. The molecule has 4 heteroatoms. The van der Waals surface area contributed by atoms with E-state index in [1.165, 1.54) is 21.5 Å². The summed E-state index contributed by atoms with van der Waals surface area (Å²) in [6.07, 6.45) is 0. The highest BCUT2D eigenvalue weighted by molar-refractivity contribution is 7.80. The van der Waals surface area contributed by atoms with Gasteiger partial charge in [0.25, 0.3) is 0 Å². The SMILES string of the molecule is CC(C)(C)[Si](C)(C)Oc1ccc(NCc2ccccc2)c(P(c2ccccc2)c2ccccc2)c1. The molecular weight excluding hydrogens is 461 g/mol. The summed E-state index contributed by atoms with van der Waals surface area (Å²) in [7, 11) is -2.72. The van der Waals surface area contributed by atoms with Crippen molar-refractivity contribution in [2.75, 3.05) is 5.32 Å². The lowest BCUT2D eigenvalue weighted by atomic mass is 10.2. The average molecular weight is 498 g/mol. The van der Waals surface area contributed by atoms with E-state index in [0.29, 0.717) is 0 Å². The van der Waals surface area contributed by atoms with Crippen molar-refractivity contribution >= 4 is 37.8 Å². The Morgan fingerprint density at radius 1 is 0.714 bits per heavy atom. The van der Waals surface area contributed by atoms with E-state index < -0.39 is 16.2 Å². The van der Waals surface area contributed by atoms with Gasteiger partial charge in [0.2, 0.25) is 8.32 Å². The van der Waals surface area contributed by atoms with Gasteiger partial charge in [-0.3, -0.25) is 0 Å². The third-order valence-corrected chi connectivity index (χ3v) is 13.6. The van der Waals surface area contributed by atoms with E-state index in [4.69, 9.17) is 4.43 Å². The molecule has 0 heterocycles. The lowest BCUT2D eigenvalue weighted by Gasteiger charge is -2.36. The molecule has 0 saturated heterocycles. The lowest BCUT2D eigenvalue weighted by Crippen LogP contribution is -2.44. The fourth-order valence-corrected chi connectivity index (χ4v) is 7.20. The lowest BCUT2D eigenvalue weighted by molar-refractivity contribution is 0.492. The molecule has 0 aliphatic heterocycles.